The molecule has 1 heterocycles. The molecule has 2 aromatic rings. The Morgan fingerprint density at radius 3 is 2.42 bits per heavy atom. The fraction of sp³-hybridized carbons (Fsp3) is 0.350. The van der Waals surface area contributed by atoms with Crippen LogP contribution in [0.4, 0.5) is 4.79 Å². The van der Waals surface area contributed by atoms with Crippen molar-refractivity contribution in [2.24, 2.45) is 0 Å². The molecule has 2 aromatic carbocycles. The monoisotopic (exact) mass is 373 g/mol. The Labute approximate surface area is 159 Å². The van der Waals surface area contributed by atoms with Crippen LogP contribution in [0.3, 0.4) is 0 Å². The lowest BCUT2D eigenvalue weighted by molar-refractivity contribution is 0.135. The molecule has 0 atom stereocenters. The number of rotatable bonds is 5. The minimum absolute atomic E-state index is 0.0333. The van der Waals surface area contributed by atoms with E-state index < -0.39 is 0 Å². The van der Waals surface area contributed by atoms with Crippen molar-refractivity contribution in [3.63, 3.8) is 0 Å². The van der Waals surface area contributed by atoms with Gasteiger partial charge < -0.3 is 15.0 Å². The van der Waals surface area contributed by atoms with Crippen LogP contribution >= 0.6 is 11.6 Å². The second-order valence-electron chi connectivity index (χ2n) is 6.36. The zero-order valence-corrected chi connectivity index (χ0v) is 15.7. The molecule has 138 valence electrons. The fourth-order valence-corrected chi connectivity index (χ4v) is 3.23. The zero-order chi connectivity index (χ0) is 18.4. The van der Waals surface area contributed by atoms with Gasteiger partial charge in [-0.1, -0.05) is 41.9 Å². The van der Waals surface area contributed by atoms with E-state index in [1.807, 2.05) is 41.3 Å². The van der Waals surface area contributed by atoms with Gasteiger partial charge in [0, 0.05) is 44.3 Å². The van der Waals surface area contributed by atoms with Crippen molar-refractivity contribution < 1.29 is 9.53 Å². The number of hydrogen-bond acceptors (Lipinski definition) is 3. The first kappa shape index (κ1) is 18.5. The Bertz CT molecular complexity index is 728. The highest BCUT2D eigenvalue weighted by atomic mass is 35.5. The van der Waals surface area contributed by atoms with Crippen LogP contribution in [-0.4, -0.2) is 49.1 Å². The molecule has 0 spiro atoms. The van der Waals surface area contributed by atoms with Gasteiger partial charge in [0.05, 0.1) is 7.11 Å². The summed E-state index contributed by atoms with van der Waals surface area (Å²) in [5.41, 5.74) is 2.18. The second kappa shape index (κ2) is 8.92. The minimum Gasteiger partial charge on any atom is -0.497 e. The molecule has 0 bridgehead atoms. The average Bonchev–Trinajstić information content (AvgIpc) is 2.68. The van der Waals surface area contributed by atoms with Crippen molar-refractivity contribution in [1.82, 2.24) is 15.1 Å². The molecule has 0 saturated carbocycles. The molecule has 0 radical (unpaired) electrons. The molecule has 2 amide bonds. The number of piperazine rings is 1. The molecular weight excluding hydrogens is 350 g/mol. The van der Waals surface area contributed by atoms with Gasteiger partial charge in [-0.3, -0.25) is 4.90 Å². The molecule has 1 aliphatic rings. The normalized spacial score (nSPS) is 14.9. The third-order valence-corrected chi connectivity index (χ3v) is 4.98. The molecule has 6 heteroatoms. The molecular formula is C20H24ClN3O2. The SMILES string of the molecule is COc1ccc(CN2CCN(C(=O)NCc3ccccc3Cl)CC2)cc1. The third kappa shape index (κ3) is 4.90. The van der Waals surface area contributed by atoms with Crippen molar-refractivity contribution >= 4 is 17.6 Å². The van der Waals surface area contributed by atoms with Crippen molar-refractivity contribution in [3.8, 4) is 5.75 Å². The van der Waals surface area contributed by atoms with Crippen LogP contribution in [0.5, 0.6) is 5.75 Å². The van der Waals surface area contributed by atoms with E-state index in [0.29, 0.717) is 11.6 Å². The topological polar surface area (TPSA) is 44.8 Å². The number of ether oxygens (including phenoxy) is 1. The van der Waals surface area contributed by atoms with Crippen LogP contribution in [-0.2, 0) is 13.1 Å². The number of benzene rings is 2. The van der Waals surface area contributed by atoms with E-state index in [0.717, 1.165) is 44.0 Å². The summed E-state index contributed by atoms with van der Waals surface area (Å²) in [6, 6.07) is 15.7. The predicted molar refractivity (Wildman–Crippen MR) is 104 cm³/mol. The maximum atomic E-state index is 12.4. The second-order valence-corrected chi connectivity index (χ2v) is 6.77. The molecule has 0 aliphatic carbocycles. The summed E-state index contributed by atoms with van der Waals surface area (Å²) in [6.07, 6.45) is 0. The Morgan fingerprint density at radius 2 is 1.77 bits per heavy atom. The van der Waals surface area contributed by atoms with Gasteiger partial charge in [-0.25, -0.2) is 4.79 Å². The molecule has 5 nitrogen and oxygen atoms in total. The number of nitrogens with zero attached hydrogens (tertiary/aromatic N) is 2. The van der Waals surface area contributed by atoms with Crippen LogP contribution in [0, 0.1) is 0 Å². The number of urea groups is 1. The molecule has 26 heavy (non-hydrogen) atoms. The summed E-state index contributed by atoms with van der Waals surface area (Å²) in [6.45, 7) is 4.52. The first-order valence-corrected chi connectivity index (χ1v) is 9.15. The van der Waals surface area contributed by atoms with E-state index in [9.17, 15) is 4.79 Å². The van der Waals surface area contributed by atoms with E-state index >= 15 is 0 Å². The maximum Gasteiger partial charge on any atom is 0.317 e. The molecule has 1 N–H and O–H groups in total. The van der Waals surface area contributed by atoms with Gasteiger partial charge >= 0.3 is 6.03 Å². The summed E-state index contributed by atoms with van der Waals surface area (Å²) >= 11 is 6.13. The van der Waals surface area contributed by atoms with Crippen LogP contribution in [0.15, 0.2) is 48.5 Å². The lowest BCUT2D eigenvalue weighted by Crippen LogP contribution is -2.51. The van der Waals surface area contributed by atoms with Crippen molar-refractivity contribution in [1.29, 1.82) is 0 Å². The third-order valence-electron chi connectivity index (χ3n) is 4.61. The Kier molecular flexibility index (Phi) is 6.36. The Hall–Kier alpha value is -2.24. The summed E-state index contributed by atoms with van der Waals surface area (Å²) in [5.74, 6) is 0.869. The smallest absolute Gasteiger partial charge is 0.317 e. The van der Waals surface area contributed by atoms with Gasteiger partial charge in [0.2, 0.25) is 0 Å². The van der Waals surface area contributed by atoms with Crippen LogP contribution in [0.1, 0.15) is 11.1 Å². The summed E-state index contributed by atoms with van der Waals surface area (Å²) in [7, 11) is 1.67. The average molecular weight is 374 g/mol. The first-order chi connectivity index (χ1) is 12.7. The van der Waals surface area contributed by atoms with Gasteiger partial charge in [0.15, 0.2) is 0 Å². The number of amides is 2. The minimum atomic E-state index is -0.0333. The predicted octanol–water partition coefficient (Wildman–Crippen LogP) is 3.38. The van der Waals surface area contributed by atoms with E-state index in [4.69, 9.17) is 16.3 Å². The van der Waals surface area contributed by atoms with Gasteiger partial charge in [0.25, 0.3) is 0 Å². The number of carbonyl (C=O) groups excluding carboxylic acids is 1. The number of carbonyl (C=O) groups is 1. The molecule has 3 rings (SSSR count). The zero-order valence-electron chi connectivity index (χ0n) is 15.0. The maximum absolute atomic E-state index is 12.4. The van der Waals surface area contributed by atoms with Crippen molar-refractivity contribution in [2.45, 2.75) is 13.1 Å². The lowest BCUT2D eigenvalue weighted by Gasteiger charge is -2.34. The van der Waals surface area contributed by atoms with E-state index in [1.54, 1.807) is 7.11 Å². The molecule has 0 unspecified atom stereocenters. The Morgan fingerprint density at radius 1 is 1.08 bits per heavy atom. The van der Waals surface area contributed by atoms with Crippen LogP contribution in [0.2, 0.25) is 5.02 Å². The lowest BCUT2D eigenvalue weighted by atomic mass is 10.2. The largest absolute Gasteiger partial charge is 0.497 e. The number of hydrogen-bond donors (Lipinski definition) is 1. The molecule has 0 aromatic heterocycles. The van der Waals surface area contributed by atoms with Crippen molar-refractivity contribution in [3.05, 3.63) is 64.7 Å². The van der Waals surface area contributed by atoms with E-state index in [2.05, 4.69) is 22.3 Å². The van der Waals surface area contributed by atoms with Crippen molar-refractivity contribution in [2.75, 3.05) is 33.3 Å². The summed E-state index contributed by atoms with van der Waals surface area (Å²) in [5, 5.41) is 3.63. The molecule has 1 saturated heterocycles. The number of methoxy groups -OCH3 is 1. The summed E-state index contributed by atoms with van der Waals surface area (Å²) < 4.78 is 5.19. The van der Waals surface area contributed by atoms with Gasteiger partial charge in [-0.15, -0.1) is 0 Å². The molecule has 1 aliphatic heterocycles. The fourth-order valence-electron chi connectivity index (χ4n) is 3.02. The van der Waals surface area contributed by atoms with E-state index in [1.165, 1.54) is 5.56 Å². The highest BCUT2D eigenvalue weighted by molar-refractivity contribution is 6.31. The highest BCUT2D eigenvalue weighted by Crippen LogP contribution is 2.16. The van der Waals surface area contributed by atoms with Gasteiger partial charge in [0.1, 0.15) is 5.75 Å². The summed E-state index contributed by atoms with van der Waals surface area (Å²) in [4.78, 5) is 16.6. The highest BCUT2D eigenvalue weighted by Gasteiger charge is 2.21. The number of nitrogens with one attached hydrogen (secondary N) is 1. The van der Waals surface area contributed by atoms with Gasteiger partial charge in [-0.2, -0.15) is 0 Å². The molecule has 1 fully saturated rings. The van der Waals surface area contributed by atoms with Crippen LogP contribution < -0.4 is 10.1 Å². The number of halogens is 1. The van der Waals surface area contributed by atoms with Gasteiger partial charge in [-0.05, 0) is 29.3 Å². The quantitative estimate of drug-likeness (QED) is 0.873. The first-order valence-electron chi connectivity index (χ1n) is 8.77. The Balaban J connectivity index is 1.44. The van der Waals surface area contributed by atoms with E-state index in [-0.39, 0.29) is 6.03 Å². The van der Waals surface area contributed by atoms with Crippen LogP contribution in [0.25, 0.3) is 0 Å². The standard InChI is InChI=1S/C20H24ClN3O2/c1-26-18-8-6-16(7-9-18)15-23-10-12-24(13-11-23)20(25)22-14-17-4-2-3-5-19(17)21/h2-9H,10-15H2,1H3,(H,22,25).